The molecule has 0 amide bonds. The third-order valence-electron chi connectivity index (χ3n) is 2.86. The molecule has 7 heteroatoms. The summed E-state index contributed by atoms with van der Waals surface area (Å²) in [6.07, 6.45) is -4.78. The van der Waals surface area contributed by atoms with Gasteiger partial charge in [-0.2, -0.15) is 13.2 Å². The summed E-state index contributed by atoms with van der Waals surface area (Å²) in [5, 5.41) is 0. The van der Waals surface area contributed by atoms with E-state index in [0.29, 0.717) is 24.4 Å². The van der Waals surface area contributed by atoms with Crippen molar-refractivity contribution in [2.24, 2.45) is 5.73 Å². The van der Waals surface area contributed by atoms with Crippen molar-refractivity contribution < 1.29 is 22.3 Å². The van der Waals surface area contributed by atoms with E-state index in [4.69, 9.17) is 10.5 Å². The summed E-state index contributed by atoms with van der Waals surface area (Å²) >= 11 is 0. The highest BCUT2D eigenvalue weighted by molar-refractivity contribution is 5.35. The molecule has 1 aromatic carbocycles. The average molecular weight is 300 g/mol. The largest absolute Gasteiger partial charge is 0.439 e. The quantitative estimate of drug-likeness (QED) is 0.877. The number of nitrogens with two attached hydrogens (primary N) is 1. The standard InChI is InChI=1S/C14H12F4N2O/c1-8-9(7-19)2-5-13(20-8)21-10-3-4-12(15)11(6-10)14(16,17)18/h2-6H,7,19H2,1H3. The summed E-state index contributed by atoms with van der Waals surface area (Å²) in [4.78, 5) is 4.08. The summed E-state index contributed by atoms with van der Waals surface area (Å²) in [6.45, 7) is 2.01. The highest BCUT2D eigenvalue weighted by Gasteiger charge is 2.34. The second-order valence-corrected chi connectivity index (χ2v) is 4.34. The summed E-state index contributed by atoms with van der Waals surface area (Å²) < 4.78 is 56.2. The lowest BCUT2D eigenvalue weighted by molar-refractivity contribution is -0.140. The molecule has 2 aromatic rings. The molecule has 112 valence electrons. The van der Waals surface area contributed by atoms with E-state index in [-0.39, 0.29) is 11.6 Å². The zero-order valence-electron chi connectivity index (χ0n) is 11.0. The fourth-order valence-corrected chi connectivity index (χ4v) is 1.75. The lowest BCUT2D eigenvalue weighted by Crippen LogP contribution is -2.08. The average Bonchev–Trinajstić information content (AvgIpc) is 2.40. The van der Waals surface area contributed by atoms with Crippen LogP contribution in [-0.2, 0) is 12.7 Å². The highest BCUT2D eigenvalue weighted by atomic mass is 19.4. The van der Waals surface area contributed by atoms with E-state index >= 15 is 0 Å². The first-order chi connectivity index (χ1) is 9.81. The normalized spacial score (nSPS) is 11.5. The third kappa shape index (κ3) is 3.49. The SMILES string of the molecule is Cc1nc(Oc2ccc(F)c(C(F)(F)F)c2)ccc1CN. The van der Waals surface area contributed by atoms with Crippen LogP contribution in [0.15, 0.2) is 30.3 Å². The smallest absolute Gasteiger partial charge is 0.419 e. The molecule has 2 N–H and O–H groups in total. The number of halogens is 4. The van der Waals surface area contributed by atoms with Crippen molar-refractivity contribution >= 4 is 0 Å². The van der Waals surface area contributed by atoms with Crippen molar-refractivity contribution in [3.63, 3.8) is 0 Å². The summed E-state index contributed by atoms with van der Waals surface area (Å²) in [5.41, 5.74) is 5.53. The number of hydrogen-bond acceptors (Lipinski definition) is 3. The van der Waals surface area contributed by atoms with E-state index in [1.807, 2.05) is 0 Å². The van der Waals surface area contributed by atoms with Gasteiger partial charge < -0.3 is 10.5 Å². The van der Waals surface area contributed by atoms with Crippen molar-refractivity contribution in [3.8, 4) is 11.6 Å². The number of nitrogens with zero attached hydrogens (tertiary/aromatic N) is 1. The highest BCUT2D eigenvalue weighted by Crippen LogP contribution is 2.34. The van der Waals surface area contributed by atoms with Gasteiger partial charge in [0.2, 0.25) is 5.88 Å². The van der Waals surface area contributed by atoms with Gasteiger partial charge in [0.15, 0.2) is 0 Å². The molecule has 0 unspecified atom stereocenters. The maximum atomic E-state index is 13.2. The van der Waals surface area contributed by atoms with E-state index in [0.717, 1.165) is 11.6 Å². The monoisotopic (exact) mass is 300 g/mol. The number of alkyl halides is 3. The maximum Gasteiger partial charge on any atom is 0.419 e. The van der Waals surface area contributed by atoms with E-state index < -0.39 is 17.6 Å². The van der Waals surface area contributed by atoms with E-state index in [1.165, 1.54) is 6.07 Å². The zero-order valence-corrected chi connectivity index (χ0v) is 11.0. The van der Waals surface area contributed by atoms with Crippen LogP contribution >= 0.6 is 0 Å². The van der Waals surface area contributed by atoms with Crippen LogP contribution in [0, 0.1) is 12.7 Å². The minimum absolute atomic E-state index is 0.115. The van der Waals surface area contributed by atoms with Crippen LogP contribution in [0.25, 0.3) is 0 Å². The molecule has 1 aromatic heterocycles. The van der Waals surface area contributed by atoms with Gasteiger partial charge in [0, 0.05) is 18.3 Å². The molecule has 0 radical (unpaired) electrons. The van der Waals surface area contributed by atoms with Crippen molar-refractivity contribution in [1.29, 1.82) is 0 Å². The van der Waals surface area contributed by atoms with Gasteiger partial charge in [-0.1, -0.05) is 6.07 Å². The first-order valence-corrected chi connectivity index (χ1v) is 6.02. The Bertz CT molecular complexity index is 656. The Morgan fingerprint density at radius 3 is 2.48 bits per heavy atom. The van der Waals surface area contributed by atoms with Gasteiger partial charge in [-0.05, 0) is 30.7 Å². The third-order valence-corrected chi connectivity index (χ3v) is 2.86. The molecule has 0 bridgehead atoms. The Morgan fingerprint density at radius 1 is 1.19 bits per heavy atom. The molecule has 0 aliphatic rings. The van der Waals surface area contributed by atoms with Crippen LogP contribution in [0.1, 0.15) is 16.8 Å². The molecule has 0 spiro atoms. The molecule has 0 atom stereocenters. The number of ether oxygens (including phenoxy) is 1. The van der Waals surface area contributed by atoms with Gasteiger partial charge in [0.05, 0.1) is 5.56 Å². The van der Waals surface area contributed by atoms with Gasteiger partial charge in [-0.15, -0.1) is 0 Å². The van der Waals surface area contributed by atoms with Gasteiger partial charge in [-0.3, -0.25) is 0 Å². The fraction of sp³-hybridized carbons (Fsp3) is 0.214. The maximum absolute atomic E-state index is 13.2. The van der Waals surface area contributed by atoms with Gasteiger partial charge in [-0.25, -0.2) is 9.37 Å². The molecular weight excluding hydrogens is 288 g/mol. The second-order valence-electron chi connectivity index (χ2n) is 4.34. The van der Waals surface area contributed by atoms with Crippen LogP contribution in [0.4, 0.5) is 17.6 Å². The van der Waals surface area contributed by atoms with Gasteiger partial charge >= 0.3 is 6.18 Å². The molecule has 3 nitrogen and oxygen atoms in total. The summed E-state index contributed by atoms with van der Waals surface area (Å²) in [7, 11) is 0. The van der Waals surface area contributed by atoms with Gasteiger partial charge in [0.1, 0.15) is 11.6 Å². The summed E-state index contributed by atoms with van der Waals surface area (Å²) in [6, 6.07) is 5.58. The van der Waals surface area contributed by atoms with Crippen molar-refractivity contribution in [3.05, 3.63) is 53.0 Å². The minimum Gasteiger partial charge on any atom is -0.439 e. The zero-order chi connectivity index (χ0) is 15.6. The Balaban J connectivity index is 2.30. The number of pyridine rings is 1. The number of rotatable bonds is 3. The molecule has 0 saturated heterocycles. The topological polar surface area (TPSA) is 48.1 Å². The molecule has 1 heterocycles. The van der Waals surface area contributed by atoms with Gasteiger partial charge in [0.25, 0.3) is 0 Å². The predicted molar refractivity (Wildman–Crippen MR) is 68.3 cm³/mol. The van der Waals surface area contributed by atoms with E-state index in [1.54, 1.807) is 13.0 Å². The lowest BCUT2D eigenvalue weighted by Gasteiger charge is -2.11. The molecule has 0 aliphatic heterocycles. The Labute approximate surface area is 118 Å². The Kier molecular flexibility index (Phi) is 4.13. The van der Waals surface area contributed by atoms with Crippen molar-refractivity contribution in [1.82, 2.24) is 4.98 Å². The summed E-state index contributed by atoms with van der Waals surface area (Å²) in [5.74, 6) is -1.38. The second kappa shape index (κ2) is 5.69. The van der Waals surface area contributed by atoms with E-state index in [2.05, 4.69) is 4.98 Å². The lowest BCUT2D eigenvalue weighted by atomic mass is 10.2. The minimum atomic E-state index is -4.78. The molecular formula is C14H12F4N2O. The predicted octanol–water partition coefficient (Wildman–Crippen LogP) is 3.80. The number of aryl methyl sites for hydroxylation is 1. The first kappa shape index (κ1) is 15.2. The number of hydrogen-bond donors (Lipinski definition) is 1. The fourth-order valence-electron chi connectivity index (χ4n) is 1.75. The van der Waals surface area contributed by atoms with Crippen molar-refractivity contribution in [2.45, 2.75) is 19.6 Å². The number of benzene rings is 1. The molecule has 0 saturated carbocycles. The molecule has 2 rings (SSSR count). The van der Waals surface area contributed by atoms with Crippen LogP contribution in [0.2, 0.25) is 0 Å². The molecule has 21 heavy (non-hydrogen) atoms. The van der Waals surface area contributed by atoms with Crippen molar-refractivity contribution in [2.75, 3.05) is 0 Å². The number of aromatic nitrogens is 1. The molecule has 0 aliphatic carbocycles. The van der Waals surface area contributed by atoms with Crippen LogP contribution in [0.3, 0.4) is 0 Å². The van der Waals surface area contributed by atoms with Crippen LogP contribution in [-0.4, -0.2) is 4.98 Å². The van der Waals surface area contributed by atoms with E-state index in [9.17, 15) is 17.6 Å². The first-order valence-electron chi connectivity index (χ1n) is 6.02. The Hall–Kier alpha value is -2.15. The Morgan fingerprint density at radius 2 is 1.90 bits per heavy atom. The molecule has 0 fully saturated rings. The van der Waals surface area contributed by atoms with Crippen LogP contribution < -0.4 is 10.5 Å². The van der Waals surface area contributed by atoms with Crippen LogP contribution in [0.5, 0.6) is 11.6 Å².